The second kappa shape index (κ2) is 4.42. The summed E-state index contributed by atoms with van der Waals surface area (Å²) < 4.78 is 4.50. The zero-order valence-electron chi connectivity index (χ0n) is 6.67. The number of guanidine groups is 1. The van der Waals surface area contributed by atoms with Crippen LogP contribution in [0.4, 0.5) is 4.79 Å². The third-order valence-electron chi connectivity index (χ3n) is 1.31. The molecule has 0 radical (unpaired) electrons. The Morgan fingerprint density at radius 2 is 2.67 bits per heavy atom. The van der Waals surface area contributed by atoms with Gasteiger partial charge in [0.25, 0.3) is 0 Å². The highest BCUT2D eigenvalue weighted by Crippen LogP contribution is 1.80. The van der Waals surface area contributed by atoms with Crippen molar-refractivity contribution >= 4 is 12.1 Å². The number of nitrogens with two attached hydrogens (primary N) is 1. The van der Waals surface area contributed by atoms with Gasteiger partial charge in [0.05, 0.1) is 13.1 Å². The van der Waals surface area contributed by atoms with E-state index in [0.29, 0.717) is 6.54 Å². The number of hydrogen-bond donors (Lipinski definition) is 3. The minimum Gasteiger partial charge on any atom is -0.448 e. The lowest BCUT2D eigenvalue weighted by molar-refractivity contribution is 0.159. The Bertz CT molecular complexity index is 192. The number of primary amides is 1. The zero-order valence-corrected chi connectivity index (χ0v) is 6.67. The zero-order chi connectivity index (χ0) is 8.81. The van der Waals surface area contributed by atoms with Gasteiger partial charge in [-0.1, -0.05) is 0 Å². The van der Waals surface area contributed by atoms with Gasteiger partial charge in [0.2, 0.25) is 0 Å². The van der Waals surface area contributed by atoms with E-state index in [1.165, 1.54) is 0 Å². The first-order valence-electron chi connectivity index (χ1n) is 3.73. The van der Waals surface area contributed by atoms with Gasteiger partial charge in [-0.2, -0.15) is 0 Å². The Morgan fingerprint density at radius 3 is 3.25 bits per heavy atom. The van der Waals surface area contributed by atoms with Crippen molar-refractivity contribution in [3.05, 3.63) is 0 Å². The van der Waals surface area contributed by atoms with Gasteiger partial charge in [-0.25, -0.2) is 4.79 Å². The van der Waals surface area contributed by atoms with Crippen molar-refractivity contribution in [2.75, 3.05) is 26.2 Å². The third-order valence-corrected chi connectivity index (χ3v) is 1.31. The quantitative estimate of drug-likeness (QED) is 0.458. The first-order valence-corrected chi connectivity index (χ1v) is 3.73. The molecule has 0 spiro atoms. The molecule has 1 heterocycles. The summed E-state index contributed by atoms with van der Waals surface area (Å²) in [5.41, 5.74) is 4.75. The van der Waals surface area contributed by atoms with E-state index in [9.17, 15) is 4.79 Å². The van der Waals surface area contributed by atoms with Crippen LogP contribution in [0.3, 0.4) is 0 Å². The summed E-state index contributed by atoms with van der Waals surface area (Å²) in [7, 11) is 0. The van der Waals surface area contributed by atoms with Crippen LogP contribution in [0.5, 0.6) is 0 Å². The maximum atomic E-state index is 10.1. The van der Waals surface area contributed by atoms with Crippen LogP contribution in [0.15, 0.2) is 4.99 Å². The number of ether oxygens (including phenoxy) is 1. The van der Waals surface area contributed by atoms with E-state index >= 15 is 0 Å². The molecule has 1 rings (SSSR count). The molecule has 1 aliphatic rings. The van der Waals surface area contributed by atoms with Crippen molar-refractivity contribution in [2.24, 2.45) is 10.7 Å². The molecule has 68 valence electrons. The van der Waals surface area contributed by atoms with Crippen molar-refractivity contribution in [3.8, 4) is 0 Å². The van der Waals surface area contributed by atoms with Crippen molar-refractivity contribution in [1.82, 2.24) is 10.6 Å². The second-order valence-electron chi connectivity index (χ2n) is 2.25. The molecule has 0 aromatic carbocycles. The van der Waals surface area contributed by atoms with Gasteiger partial charge < -0.3 is 21.1 Å². The minimum absolute atomic E-state index is 0.260. The van der Waals surface area contributed by atoms with Crippen LogP contribution in [0.2, 0.25) is 0 Å². The van der Waals surface area contributed by atoms with E-state index in [1.54, 1.807) is 0 Å². The monoisotopic (exact) mass is 172 g/mol. The molecule has 0 unspecified atom stereocenters. The van der Waals surface area contributed by atoms with E-state index in [-0.39, 0.29) is 6.61 Å². The molecule has 12 heavy (non-hydrogen) atoms. The van der Waals surface area contributed by atoms with Crippen LogP contribution >= 0.6 is 0 Å². The lowest BCUT2D eigenvalue weighted by atomic mass is 10.6. The fraction of sp³-hybridized carbons (Fsp3) is 0.667. The van der Waals surface area contributed by atoms with Gasteiger partial charge in [0.15, 0.2) is 5.96 Å². The van der Waals surface area contributed by atoms with E-state index < -0.39 is 6.09 Å². The second-order valence-corrected chi connectivity index (χ2v) is 2.25. The standard InChI is InChI=1S/C6H12N4O2/c7-5(11)12-4-3-10-6-8-1-2-9-6/h1-4H2,(H2,7,11)(H2,8,9,10). The molecule has 0 aromatic rings. The Labute approximate surface area is 70.2 Å². The number of nitrogens with zero attached hydrogens (tertiary/aromatic N) is 1. The predicted molar refractivity (Wildman–Crippen MR) is 43.8 cm³/mol. The maximum absolute atomic E-state index is 10.1. The molecule has 0 aromatic heterocycles. The molecule has 0 atom stereocenters. The molecule has 4 N–H and O–H groups in total. The fourth-order valence-corrected chi connectivity index (χ4v) is 0.837. The SMILES string of the molecule is NC(=O)OCCNC1=NCCN1. The van der Waals surface area contributed by atoms with Crippen LogP contribution in [-0.2, 0) is 4.74 Å². The smallest absolute Gasteiger partial charge is 0.404 e. The van der Waals surface area contributed by atoms with Gasteiger partial charge in [-0.3, -0.25) is 4.99 Å². The number of amides is 1. The lowest BCUT2D eigenvalue weighted by Gasteiger charge is -2.05. The molecule has 0 aliphatic carbocycles. The number of carbonyl (C=O) groups is 1. The Kier molecular flexibility index (Phi) is 3.18. The molecular weight excluding hydrogens is 160 g/mol. The molecule has 1 aliphatic heterocycles. The van der Waals surface area contributed by atoms with Gasteiger partial charge in [0, 0.05) is 6.54 Å². The molecule has 0 bridgehead atoms. The highest BCUT2D eigenvalue weighted by molar-refractivity contribution is 5.81. The van der Waals surface area contributed by atoms with Gasteiger partial charge in [-0.05, 0) is 0 Å². The topological polar surface area (TPSA) is 88.7 Å². The van der Waals surface area contributed by atoms with E-state index in [0.717, 1.165) is 19.0 Å². The lowest BCUT2D eigenvalue weighted by Crippen LogP contribution is -2.36. The first-order chi connectivity index (χ1) is 5.79. The van der Waals surface area contributed by atoms with E-state index in [1.807, 2.05) is 0 Å². The van der Waals surface area contributed by atoms with Crippen LogP contribution in [0, 0.1) is 0 Å². The summed E-state index contributed by atoms with van der Waals surface area (Å²) in [6.45, 7) is 2.43. The van der Waals surface area contributed by atoms with Crippen molar-refractivity contribution in [3.63, 3.8) is 0 Å². The van der Waals surface area contributed by atoms with Gasteiger partial charge in [0.1, 0.15) is 6.61 Å². The summed E-state index contributed by atoms with van der Waals surface area (Å²) in [5, 5.41) is 5.95. The summed E-state index contributed by atoms with van der Waals surface area (Å²) in [5.74, 6) is 0.753. The Morgan fingerprint density at radius 1 is 1.83 bits per heavy atom. The first kappa shape index (κ1) is 8.63. The number of aliphatic imine (C=N–C) groups is 1. The maximum Gasteiger partial charge on any atom is 0.404 e. The number of carbonyl (C=O) groups excluding carboxylic acids is 1. The summed E-state index contributed by atoms with van der Waals surface area (Å²) in [6.07, 6.45) is -0.752. The summed E-state index contributed by atoms with van der Waals surface area (Å²) >= 11 is 0. The number of hydrogen-bond acceptors (Lipinski definition) is 5. The van der Waals surface area contributed by atoms with E-state index in [2.05, 4.69) is 20.4 Å². The Balaban J connectivity index is 1.98. The van der Waals surface area contributed by atoms with Gasteiger partial charge in [-0.15, -0.1) is 0 Å². The van der Waals surface area contributed by atoms with Gasteiger partial charge >= 0.3 is 6.09 Å². The molecule has 0 saturated heterocycles. The normalized spacial score (nSPS) is 14.8. The summed E-state index contributed by atoms with van der Waals surface area (Å²) in [6, 6.07) is 0. The van der Waals surface area contributed by atoms with Crippen molar-refractivity contribution < 1.29 is 9.53 Å². The third kappa shape index (κ3) is 3.09. The molecular formula is C6H12N4O2. The number of nitrogens with one attached hydrogen (secondary N) is 2. The average molecular weight is 172 g/mol. The van der Waals surface area contributed by atoms with Crippen molar-refractivity contribution in [1.29, 1.82) is 0 Å². The van der Waals surface area contributed by atoms with Crippen LogP contribution in [0.1, 0.15) is 0 Å². The summed E-state index contributed by atoms with van der Waals surface area (Å²) in [4.78, 5) is 14.2. The molecule has 0 saturated carbocycles. The largest absolute Gasteiger partial charge is 0.448 e. The number of rotatable bonds is 3. The van der Waals surface area contributed by atoms with Crippen LogP contribution in [0.25, 0.3) is 0 Å². The van der Waals surface area contributed by atoms with Crippen LogP contribution < -0.4 is 16.4 Å². The predicted octanol–water partition coefficient (Wildman–Crippen LogP) is -1.37. The molecule has 6 nitrogen and oxygen atoms in total. The average Bonchev–Trinajstić information content (AvgIpc) is 2.49. The van der Waals surface area contributed by atoms with Crippen LogP contribution in [-0.4, -0.2) is 38.3 Å². The molecule has 0 fully saturated rings. The fourth-order valence-electron chi connectivity index (χ4n) is 0.837. The molecule has 1 amide bonds. The molecule has 6 heteroatoms. The van der Waals surface area contributed by atoms with Crippen molar-refractivity contribution in [2.45, 2.75) is 0 Å². The highest BCUT2D eigenvalue weighted by atomic mass is 16.5. The Hall–Kier alpha value is -1.46. The highest BCUT2D eigenvalue weighted by Gasteiger charge is 2.02. The minimum atomic E-state index is -0.752. The van der Waals surface area contributed by atoms with E-state index in [4.69, 9.17) is 5.73 Å².